The Hall–Kier alpha value is -3.43. The van der Waals surface area contributed by atoms with Gasteiger partial charge in [-0.3, -0.25) is 20.4 Å². The van der Waals surface area contributed by atoms with Gasteiger partial charge in [-0.2, -0.15) is 0 Å². The molecular formula is C37H67N5O5. The lowest BCUT2D eigenvalue weighted by atomic mass is 9.85. The van der Waals surface area contributed by atoms with Gasteiger partial charge in [0.25, 0.3) is 0 Å². The monoisotopic (exact) mass is 662 g/mol. The van der Waals surface area contributed by atoms with Crippen molar-refractivity contribution in [1.29, 1.82) is 0 Å². The van der Waals surface area contributed by atoms with Crippen molar-refractivity contribution in [3.8, 4) is 0 Å². The lowest BCUT2D eigenvalue weighted by Gasteiger charge is -2.20. The number of hydrazine groups is 1. The van der Waals surface area contributed by atoms with Crippen LogP contribution in [0.2, 0.25) is 0 Å². The fourth-order valence-corrected chi connectivity index (χ4v) is 5.34. The number of nitrogens with zero attached hydrogens (tertiary/aromatic N) is 3. The standard InChI is InChI=1S/C15H24.C9H15N3O3.C8H14N2O2.C3H8.C2H6/c1-7-13-10(4)14(8-2)12(6)15(9-3)11(13)5;1-4-10-7(13)11(5-2)9(15)12(6-3)8(10)14;1-2-3-7(11)9-10-8(12)6-4-5-6;1-3-2;1-2/h7-9H2,1-6H3;4-6H2,1-3H3;6H,2-5H2,1H3,(H,9,11)(H,10,12);3H2,1-2H3;1-2H3. The molecule has 0 aliphatic heterocycles. The molecule has 1 aliphatic carbocycles. The Bertz CT molecular complexity index is 1230. The van der Waals surface area contributed by atoms with E-state index in [1.165, 1.54) is 23.1 Å². The van der Waals surface area contributed by atoms with E-state index in [0.717, 1.165) is 52.2 Å². The Balaban J connectivity index is 0. The predicted molar refractivity (Wildman–Crippen MR) is 196 cm³/mol. The van der Waals surface area contributed by atoms with E-state index in [1.807, 2.05) is 20.8 Å². The maximum absolute atomic E-state index is 11.7. The summed E-state index contributed by atoms with van der Waals surface area (Å²) in [7, 11) is 0. The SMILES string of the molecule is CC.CCC.CCCC(=O)NNC(=O)C1CC1.CCc1c(C)c(CC)c(C)c(CC)c1C.CCn1c(=O)n(CC)c(=O)n(CC)c1=O. The van der Waals surface area contributed by atoms with Crippen molar-refractivity contribution < 1.29 is 9.59 Å². The average Bonchev–Trinajstić information content (AvgIpc) is 3.89. The van der Waals surface area contributed by atoms with Crippen molar-refractivity contribution in [3.05, 3.63) is 64.8 Å². The molecule has 0 radical (unpaired) electrons. The predicted octanol–water partition coefficient (Wildman–Crippen LogP) is 6.32. The number of rotatable bonds is 9. The van der Waals surface area contributed by atoms with Crippen molar-refractivity contribution >= 4 is 11.8 Å². The van der Waals surface area contributed by atoms with Crippen LogP contribution in [0.3, 0.4) is 0 Å². The zero-order valence-corrected chi connectivity index (χ0v) is 32.2. The average molecular weight is 662 g/mol. The van der Waals surface area contributed by atoms with Gasteiger partial charge in [-0.05, 0) is 113 Å². The molecule has 1 aromatic heterocycles. The number of amides is 2. The molecule has 1 aromatic carbocycles. The van der Waals surface area contributed by atoms with Crippen molar-refractivity contribution in [2.45, 2.75) is 168 Å². The van der Waals surface area contributed by atoms with Gasteiger partial charge in [-0.15, -0.1) is 0 Å². The third-order valence-electron chi connectivity index (χ3n) is 7.86. The molecule has 270 valence electrons. The molecule has 0 bridgehead atoms. The third kappa shape index (κ3) is 13.7. The van der Waals surface area contributed by atoms with Crippen molar-refractivity contribution in [2.24, 2.45) is 5.92 Å². The molecule has 10 nitrogen and oxygen atoms in total. The van der Waals surface area contributed by atoms with E-state index in [2.05, 4.69) is 66.2 Å². The van der Waals surface area contributed by atoms with E-state index in [4.69, 9.17) is 0 Å². The Morgan fingerprint density at radius 3 is 1.11 bits per heavy atom. The molecule has 0 atom stereocenters. The summed E-state index contributed by atoms with van der Waals surface area (Å²) in [5.74, 6) is -0.0297. The molecule has 1 aliphatic rings. The van der Waals surface area contributed by atoms with Gasteiger partial charge in [0.2, 0.25) is 11.8 Å². The minimum atomic E-state index is -0.528. The highest BCUT2D eigenvalue weighted by molar-refractivity contribution is 5.84. The van der Waals surface area contributed by atoms with Crippen LogP contribution in [-0.2, 0) is 48.5 Å². The van der Waals surface area contributed by atoms with Crippen LogP contribution in [0, 0.1) is 26.7 Å². The first-order valence-corrected chi connectivity index (χ1v) is 17.9. The first kappa shape index (κ1) is 45.7. The van der Waals surface area contributed by atoms with Crippen molar-refractivity contribution in [1.82, 2.24) is 24.6 Å². The number of carbonyl (C=O) groups excluding carboxylic acids is 2. The molecule has 47 heavy (non-hydrogen) atoms. The maximum atomic E-state index is 11.7. The lowest BCUT2D eigenvalue weighted by molar-refractivity contribution is -0.129. The van der Waals surface area contributed by atoms with Crippen molar-refractivity contribution in [3.63, 3.8) is 0 Å². The smallest absolute Gasteiger partial charge is 0.273 e. The number of hydrogen-bond acceptors (Lipinski definition) is 5. The molecule has 1 saturated carbocycles. The quantitative estimate of drug-likeness (QED) is 0.305. The summed E-state index contributed by atoms with van der Waals surface area (Å²) in [6.45, 7) is 29.8. The first-order chi connectivity index (χ1) is 22.3. The van der Waals surface area contributed by atoms with Crippen molar-refractivity contribution in [2.75, 3.05) is 0 Å². The molecule has 10 heteroatoms. The molecule has 2 aromatic rings. The van der Waals surface area contributed by atoms with Crippen LogP contribution in [-0.4, -0.2) is 25.5 Å². The lowest BCUT2D eigenvalue weighted by Crippen LogP contribution is -2.53. The second-order valence-electron chi connectivity index (χ2n) is 11.2. The Morgan fingerprint density at radius 2 is 0.894 bits per heavy atom. The zero-order chi connectivity index (χ0) is 36.9. The van der Waals surface area contributed by atoms with Gasteiger partial charge in [0, 0.05) is 32.0 Å². The van der Waals surface area contributed by atoms with Gasteiger partial charge in [0.05, 0.1) is 0 Å². The molecule has 0 unspecified atom stereocenters. The van der Waals surface area contributed by atoms with E-state index in [-0.39, 0.29) is 37.4 Å². The summed E-state index contributed by atoms with van der Waals surface area (Å²) < 4.78 is 3.19. The summed E-state index contributed by atoms with van der Waals surface area (Å²) in [5.41, 5.74) is 12.5. The van der Waals surface area contributed by atoms with Crippen LogP contribution in [0.15, 0.2) is 14.4 Å². The van der Waals surface area contributed by atoms with Crippen LogP contribution < -0.4 is 27.9 Å². The maximum Gasteiger partial charge on any atom is 0.336 e. The van der Waals surface area contributed by atoms with Gasteiger partial charge < -0.3 is 0 Å². The largest absolute Gasteiger partial charge is 0.336 e. The van der Waals surface area contributed by atoms with Gasteiger partial charge in [0.1, 0.15) is 0 Å². The molecule has 2 amide bonds. The Labute approximate surface area is 284 Å². The van der Waals surface area contributed by atoms with Crippen LogP contribution in [0.5, 0.6) is 0 Å². The summed E-state index contributed by atoms with van der Waals surface area (Å²) in [4.78, 5) is 56.8. The molecule has 1 fully saturated rings. The highest BCUT2D eigenvalue weighted by Crippen LogP contribution is 2.29. The van der Waals surface area contributed by atoms with Gasteiger partial charge >= 0.3 is 17.1 Å². The van der Waals surface area contributed by atoms with E-state index < -0.39 is 17.1 Å². The molecule has 0 spiro atoms. The van der Waals surface area contributed by atoms with Gasteiger partial charge in [-0.25, -0.2) is 28.1 Å². The van der Waals surface area contributed by atoms with E-state index >= 15 is 0 Å². The summed E-state index contributed by atoms with van der Waals surface area (Å²) in [6.07, 6.45) is 7.91. The minimum Gasteiger partial charge on any atom is -0.273 e. The summed E-state index contributed by atoms with van der Waals surface area (Å²) >= 11 is 0. The number of nitrogens with one attached hydrogen (secondary N) is 2. The molecule has 1 heterocycles. The third-order valence-corrected chi connectivity index (χ3v) is 7.86. The van der Waals surface area contributed by atoms with Gasteiger partial charge in [0.15, 0.2) is 0 Å². The fraction of sp³-hybridized carbons (Fsp3) is 0.703. The van der Waals surface area contributed by atoms with Crippen LogP contribution in [0.4, 0.5) is 0 Å². The fourth-order valence-electron chi connectivity index (χ4n) is 5.34. The molecule has 3 rings (SSSR count). The topological polar surface area (TPSA) is 124 Å². The molecule has 0 saturated heterocycles. The highest BCUT2D eigenvalue weighted by atomic mass is 16.2. The number of benzene rings is 1. The highest BCUT2D eigenvalue weighted by Gasteiger charge is 2.29. The van der Waals surface area contributed by atoms with Crippen LogP contribution in [0.25, 0.3) is 0 Å². The Morgan fingerprint density at radius 1 is 0.596 bits per heavy atom. The van der Waals surface area contributed by atoms with E-state index in [1.54, 1.807) is 37.5 Å². The Kier molecular flexibility index (Phi) is 24.0. The summed E-state index contributed by atoms with van der Waals surface area (Å²) in [5, 5.41) is 0. The number of carbonyl (C=O) groups is 2. The van der Waals surface area contributed by atoms with Crippen LogP contribution in [0.1, 0.15) is 142 Å². The summed E-state index contributed by atoms with van der Waals surface area (Å²) in [6, 6.07) is 0. The minimum absolute atomic E-state index is 0.0561. The first-order valence-electron chi connectivity index (χ1n) is 17.9. The van der Waals surface area contributed by atoms with E-state index in [0.29, 0.717) is 6.42 Å². The second-order valence-corrected chi connectivity index (χ2v) is 11.2. The number of hydrogen-bond donors (Lipinski definition) is 2. The normalized spacial score (nSPS) is 11.3. The zero-order valence-electron chi connectivity index (χ0n) is 32.2. The molecule has 2 N–H and O–H groups in total. The number of aromatic nitrogens is 3. The van der Waals surface area contributed by atoms with Crippen LogP contribution >= 0.6 is 0 Å². The van der Waals surface area contributed by atoms with Gasteiger partial charge in [-0.1, -0.05) is 61.8 Å². The molecular weight excluding hydrogens is 594 g/mol. The second kappa shape index (κ2) is 24.7. The van der Waals surface area contributed by atoms with E-state index in [9.17, 15) is 24.0 Å².